The molecule has 19 heavy (non-hydrogen) atoms. The van der Waals surface area contributed by atoms with Crippen LogP contribution in [-0.2, 0) is 4.79 Å². The smallest absolute Gasteiger partial charge is 0.374 e. The first-order chi connectivity index (χ1) is 8.86. The van der Waals surface area contributed by atoms with Gasteiger partial charge in [0.15, 0.2) is 5.69 Å². The Morgan fingerprint density at radius 2 is 2.16 bits per heavy atom. The second kappa shape index (κ2) is 5.98. The highest BCUT2D eigenvalue weighted by Crippen LogP contribution is 2.04. The number of carbonyl (C=O) groups is 3. The van der Waals surface area contributed by atoms with Crippen molar-refractivity contribution >= 4 is 17.8 Å². The number of carbonyl (C=O) groups excluding carboxylic acids is 2. The number of hydrogen-bond acceptors (Lipinski definition) is 5. The molecule has 0 fully saturated rings. The molecule has 2 amide bonds. The number of aromatic carboxylic acids is 1. The zero-order valence-corrected chi connectivity index (χ0v) is 10.8. The Bertz CT molecular complexity index is 496. The third kappa shape index (κ3) is 3.54. The third-order valence-corrected chi connectivity index (χ3v) is 2.52. The number of aromatic nitrogens is 1. The fourth-order valence-corrected chi connectivity index (χ4v) is 1.30. The predicted octanol–water partition coefficient (Wildman–Crippen LogP) is -0.0306. The zero-order chi connectivity index (χ0) is 14.6. The Morgan fingerprint density at radius 1 is 1.53 bits per heavy atom. The van der Waals surface area contributed by atoms with Crippen molar-refractivity contribution < 1.29 is 24.0 Å². The molecule has 8 nitrogen and oxygen atoms in total. The molecule has 1 unspecified atom stereocenters. The van der Waals surface area contributed by atoms with Crippen LogP contribution in [0.1, 0.15) is 34.9 Å². The maximum atomic E-state index is 11.7. The molecule has 0 saturated carbocycles. The topological polar surface area (TPSA) is 113 Å². The lowest BCUT2D eigenvalue weighted by Crippen LogP contribution is -2.45. The summed E-state index contributed by atoms with van der Waals surface area (Å²) in [7, 11) is 1.61. The van der Waals surface area contributed by atoms with Crippen LogP contribution in [0.25, 0.3) is 0 Å². The van der Waals surface area contributed by atoms with Gasteiger partial charge in [0.2, 0.25) is 11.7 Å². The van der Waals surface area contributed by atoms with Gasteiger partial charge < -0.3 is 19.8 Å². The van der Waals surface area contributed by atoms with Crippen LogP contribution < -0.4 is 5.32 Å². The summed E-state index contributed by atoms with van der Waals surface area (Å²) in [6.07, 6.45) is 0. The van der Waals surface area contributed by atoms with E-state index in [1.54, 1.807) is 7.05 Å². The molecule has 0 radical (unpaired) electrons. The summed E-state index contributed by atoms with van der Waals surface area (Å²) < 4.78 is 4.45. The van der Waals surface area contributed by atoms with Crippen LogP contribution in [-0.4, -0.2) is 52.6 Å². The van der Waals surface area contributed by atoms with Crippen LogP contribution in [0.15, 0.2) is 10.6 Å². The molecule has 0 spiro atoms. The monoisotopic (exact) mass is 269 g/mol. The Morgan fingerprint density at radius 3 is 2.63 bits per heavy atom. The van der Waals surface area contributed by atoms with E-state index in [0.29, 0.717) is 6.54 Å². The highest BCUT2D eigenvalue weighted by atomic mass is 16.5. The van der Waals surface area contributed by atoms with E-state index < -0.39 is 23.7 Å². The number of carboxylic acids is 1. The number of amides is 2. The number of likely N-dealkylation sites (N-methyl/N-ethyl adjacent to an activating group) is 1. The van der Waals surface area contributed by atoms with E-state index in [4.69, 9.17) is 5.11 Å². The fraction of sp³-hybridized carbons (Fsp3) is 0.455. The van der Waals surface area contributed by atoms with E-state index in [1.165, 1.54) is 11.8 Å². The van der Waals surface area contributed by atoms with Crippen LogP contribution in [0.2, 0.25) is 0 Å². The first kappa shape index (κ1) is 14.7. The van der Waals surface area contributed by atoms with E-state index in [1.807, 2.05) is 6.92 Å². The summed E-state index contributed by atoms with van der Waals surface area (Å²) in [5, 5.41) is 14.4. The number of nitrogens with zero attached hydrogens (tertiary/aromatic N) is 2. The van der Waals surface area contributed by atoms with Crippen LogP contribution in [0, 0.1) is 0 Å². The van der Waals surface area contributed by atoms with Crippen LogP contribution in [0.3, 0.4) is 0 Å². The normalized spacial score (nSPS) is 11.7. The molecule has 1 aromatic heterocycles. The van der Waals surface area contributed by atoms with Gasteiger partial charge in [-0.1, -0.05) is 5.16 Å². The summed E-state index contributed by atoms with van der Waals surface area (Å²) in [5.41, 5.74) is -0.184. The maximum Gasteiger partial charge on any atom is 0.374 e. The first-order valence-electron chi connectivity index (χ1n) is 5.62. The summed E-state index contributed by atoms with van der Waals surface area (Å²) in [4.78, 5) is 35.5. The molecule has 1 heterocycles. The van der Waals surface area contributed by atoms with Crippen molar-refractivity contribution in [1.82, 2.24) is 15.4 Å². The maximum absolute atomic E-state index is 11.7. The number of rotatable bonds is 5. The van der Waals surface area contributed by atoms with Crippen molar-refractivity contribution in [1.29, 1.82) is 0 Å². The lowest BCUT2D eigenvalue weighted by molar-refractivity contribution is -0.131. The predicted molar refractivity (Wildman–Crippen MR) is 63.7 cm³/mol. The fourth-order valence-electron chi connectivity index (χ4n) is 1.30. The van der Waals surface area contributed by atoms with Gasteiger partial charge in [-0.15, -0.1) is 0 Å². The van der Waals surface area contributed by atoms with Crippen LogP contribution >= 0.6 is 0 Å². The van der Waals surface area contributed by atoms with Gasteiger partial charge in [-0.3, -0.25) is 9.59 Å². The molecule has 0 saturated heterocycles. The van der Waals surface area contributed by atoms with E-state index in [9.17, 15) is 14.4 Å². The van der Waals surface area contributed by atoms with Crippen molar-refractivity contribution in [2.45, 2.75) is 19.9 Å². The number of nitrogens with one attached hydrogen (secondary N) is 1. The molecule has 0 aliphatic heterocycles. The van der Waals surface area contributed by atoms with Crippen molar-refractivity contribution in [2.24, 2.45) is 0 Å². The zero-order valence-electron chi connectivity index (χ0n) is 10.8. The minimum atomic E-state index is -1.32. The van der Waals surface area contributed by atoms with E-state index in [2.05, 4.69) is 15.0 Å². The Labute approximate surface area is 109 Å². The van der Waals surface area contributed by atoms with Gasteiger partial charge >= 0.3 is 5.97 Å². The van der Waals surface area contributed by atoms with E-state index >= 15 is 0 Å². The molecule has 1 aromatic rings. The van der Waals surface area contributed by atoms with Crippen molar-refractivity contribution in [2.75, 3.05) is 13.6 Å². The second-order valence-corrected chi connectivity index (χ2v) is 3.93. The summed E-state index contributed by atoms with van der Waals surface area (Å²) >= 11 is 0. The van der Waals surface area contributed by atoms with Gasteiger partial charge in [0.25, 0.3) is 5.91 Å². The largest absolute Gasteiger partial charge is 0.475 e. The SMILES string of the molecule is CCN(C)C(=O)C(C)NC(=O)c1cc(C(=O)O)on1. The van der Waals surface area contributed by atoms with E-state index in [0.717, 1.165) is 6.07 Å². The summed E-state index contributed by atoms with van der Waals surface area (Å²) in [6, 6.07) is 0.265. The van der Waals surface area contributed by atoms with E-state index in [-0.39, 0.29) is 11.6 Å². The van der Waals surface area contributed by atoms with Gasteiger partial charge in [-0.2, -0.15) is 0 Å². The van der Waals surface area contributed by atoms with Crippen molar-refractivity contribution in [3.8, 4) is 0 Å². The average molecular weight is 269 g/mol. The molecule has 0 aliphatic carbocycles. The van der Waals surface area contributed by atoms with Crippen LogP contribution in [0.5, 0.6) is 0 Å². The van der Waals surface area contributed by atoms with Gasteiger partial charge in [-0.25, -0.2) is 4.79 Å². The molecule has 1 atom stereocenters. The molecule has 2 N–H and O–H groups in total. The molecule has 0 aromatic carbocycles. The second-order valence-electron chi connectivity index (χ2n) is 3.93. The lowest BCUT2D eigenvalue weighted by Gasteiger charge is -2.19. The number of carboxylic acid groups (broad SMARTS) is 1. The minimum absolute atomic E-state index is 0.184. The molecule has 0 bridgehead atoms. The van der Waals surface area contributed by atoms with Gasteiger partial charge in [0, 0.05) is 19.7 Å². The van der Waals surface area contributed by atoms with Gasteiger partial charge in [0.05, 0.1) is 0 Å². The average Bonchev–Trinajstić information content (AvgIpc) is 2.86. The molecule has 104 valence electrons. The van der Waals surface area contributed by atoms with Crippen LogP contribution in [0.4, 0.5) is 0 Å². The quantitative estimate of drug-likeness (QED) is 0.776. The van der Waals surface area contributed by atoms with Crippen molar-refractivity contribution in [3.63, 3.8) is 0 Å². The Hall–Kier alpha value is -2.38. The molecule has 1 rings (SSSR count). The minimum Gasteiger partial charge on any atom is -0.475 e. The summed E-state index contributed by atoms with van der Waals surface area (Å²) in [5.74, 6) is -2.67. The lowest BCUT2D eigenvalue weighted by atomic mass is 10.2. The molecule has 8 heteroatoms. The standard InChI is InChI=1S/C11H15N3O5/c1-4-14(3)10(16)6(2)12-9(15)7-5-8(11(17)18)19-13-7/h5-6H,4H2,1-3H3,(H,12,15)(H,17,18). The summed E-state index contributed by atoms with van der Waals surface area (Å²) in [6.45, 7) is 3.86. The molecular formula is C11H15N3O5. The molecular weight excluding hydrogens is 254 g/mol. The third-order valence-electron chi connectivity index (χ3n) is 2.52. The number of hydrogen-bond donors (Lipinski definition) is 2. The Balaban J connectivity index is 2.68. The van der Waals surface area contributed by atoms with Crippen molar-refractivity contribution in [3.05, 3.63) is 17.5 Å². The Kier molecular flexibility index (Phi) is 4.62. The highest BCUT2D eigenvalue weighted by Gasteiger charge is 2.22. The molecule has 0 aliphatic rings. The van der Waals surface area contributed by atoms with Gasteiger partial charge in [0.1, 0.15) is 6.04 Å². The van der Waals surface area contributed by atoms with Gasteiger partial charge in [-0.05, 0) is 13.8 Å². The first-order valence-corrected chi connectivity index (χ1v) is 5.62. The highest BCUT2D eigenvalue weighted by molar-refractivity contribution is 5.97.